The highest BCUT2D eigenvalue weighted by atomic mass is 15.1. The van der Waals surface area contributed by atoms with E-state index < -0.39 is 0 Å². The molecule has 1 atom stereocenters. The van der Waals surface area contributed by atoms with Gasteiger partial charge in [-0.2, -0.15) is 0 Å². The smallest absolute Gasteiger partial charge is 0.0345 e. The van der Waals surface area contributed by atoms with Gasteiger partial charge >= 0.3 is 0 Å². The van der Waals surface area contributed by atoms with Crippen molar-refractivity contribution in [2.75, 3.05) is 18.4 Å². The third kappa shape index (κ3) is 3.76. The Morgan fingerprint density at radius 1 is 1.20 bits per heavy atom. The lowest BCUT2D eigenvalue weighted by atomic mass is 9.81. The molecule has 2 aliphatic rings. The molecule has 110 valence electrons. The molecule has 3 rings (SSSR count). The summed E-state index contributed by atoms with van der Waals surface area (Å²) in [6.45, 7) is 5.99. The molecule has 1 aliphatic heterocycles. The summed E-state index contributed by atoms with van der Waals surface area (Å²) in [4.78, 5) is 2.57. The van der Waals surface area contributed by atoms with Crippen LogP contribution in [-0.4, -0.2) is 24.0 Å². The van der Waals surface area contributed by atoms with Crippen LogP contribution >= 0.6 is 0 Å². The summed E-state index contributed by atoms with van der Waals surface area (Å²) in [5, 5.41) is 3.69. The van der Waals surface area contributed by atoms with Crippen molar-refractivity contribution in [3.63, 3.8) is 0 Å². The van der Waals surface area contributed by atoms with E-state index in [0.717, 1.165) is 12.5 Å². The summed E-state index contributed by atoms with van der Waals surface area (Å²) in [6.07, 6.45) is 8.41. The van der Waals surface area contributed by atoms with Crippen molar-refractivity contribution < 1.29 is 0 Å². The molecule has 1 N–H and O–H groups in total. The minimum atomic E-state index is 0.599. The molecule has 20 heavy (non-hydrogen) atoms. The topological polar surface area (TPSA) is 15.3 Å². The maximum Gasteiger partial charge on any atom is 0.0345 e. The maximum atomic E-state index is 3.69. The Balaban J connectivity index is 1.52. The molecule has 2 heteroatoms. The highest BCUT2D eigenvalue weighted by Gasteiger charge is 2.19. The molecule has 1 aromatic rings. The van der Waals surface area contributed by atoms with Gasteiger partial charge in [0.25, 0.3) is 0 Å². The van der Waals surface area contributed by atoms with Crippen molar-refractivity contribution >= 4 is 5.69 Å². The fourth-order valence-corrected chi connectivity index (χ4v) is 3.53. The maximum absolute atomic E-state index is 3.69. The van der Waals surface area contributed by atoms with Gasteiger partial charge in [0.05, 0.1) is 0 Å². The molecular weight excluding hydrogens is 244 g/mol. The van der Waals surface area contributed by atoms with Crippen molar-refractivity contribution in [2.24, 2.45) is 5.92 Å². The van der Waals surface area contributed by atoms with Crippen LogP contribution in [0, 0.1) is 5.92 Å². The molecule has 0 amide bonds. The van der Waals surface area contributed by atoms with Gasteiger partial charge in [-0.25, -0.2) is 0 Å². The SMILES string of the molecule is CC(CC1CCC1)Nc1cccc(CN2CCCC2)c1. The van der Waals surface area contributed by atoms with Crippen LogP contribution in [0.1, 0.15) is 51.0 Å². The zero-order valence-corrected chi connectivity index (χ0v) is 12.8. The van der Waals surface area contributed by atoms with Gasteiger partial charge in [0.1, 0.15) is 0 Å². The molecule has 0 aromatic heterocycles. The summed E-state index contributed by atoms with van der Waals surface area (Å²) in [6, 6.07) is 9.62. The normalized spacial score (nSPS) is 21.6. The molecule has 2 nitrogen and oxygen atoms in total. The van der Waals surface area contributed by atoms with Gasteiger partial charge < -0.3 is 5.32 Å². The Morgan fingerprint density at radius 3 is 2.70 bits per heavy atom. The molecule has 1 saturated carbocycles. The molecular formula is C18H28N2. The fourth-order valence-electron chi connectivity index (χ4n) is 3.53. The van der Waals surface area contributed by atoms with E-state index in [-0.39, 0.29) is 0 Å². The van der Waals surface area contributed by atoms with E-state index in [2.05, 4.69) is 41.4 Å². The van der Waals surface area contributed by atoms with Gasteiger partial charge in [-0.05, 0) is 62.9 Å². The molecule has 1 aliphatic carbocycles. The predicted octanol–water partition coefficient (Wildman–Crippen LogP) is 4.27. The quantitative estimate of drug-likeness (QED) is 0.832. The van der Waals surface area contributed by atoms with Crippen molar-refractivity contribution in [3.8, 4) is 0 Å². The molecule has 0 bridgehead atoms. The van der Waals surface area contributed by atoms with Crippen molar-refractivity contribution in [2.45, 2.75) is 58.0 Å². The van der Waals surface area contributed by atoms with Gasteiger partial charge in [0.15, 0.2) is 0 Å². The van der Waals surface area contributed by atoms with Crippen LogP contribution in [0.25, 0.3) is 0 Å². The second-order valence-electron chi connectivity index (χ2n) is 6.76. The lowest BCUT2D eigenvalue weighted by Gasteiger charge is -2.29. The Kier molecular flexibility index (Phi) is 4.62. The van der Waals surface area contributed by atoms with Crippen molar-refractivity contribution in [1.82, 2.24) is 4.90 Å². The Morgan fingerprint density at radius 2 is 2.00 bits per heavy atom. The van der Waals surface area contributed by atoms with Gasteiger partial charge in [-0.15, -0.1) is 0 Å². The number of hydrogen-bond acceptors (Lipinski definition) is 2. The summed E-state index contributed by atoms with van der Waals surface area (Å²) in [5.74, 6) is 0.977. The summed E-state index contributed by atoms with van der Waals surface area (Å²) in [5.41, 5.74) is 2.75. The highest BCUT2D eigenvalue weighted by molar-refractivity contribution is 5.46. The predicted molar refractivity (Wildman–Crippen MR) is 86.0 cm³/mol. The van der Waals surface area contributed by atoms with Crippen molar-refractivity contribution in [1.29, 1.82) is 0 Å². The number of likely N-dealkylation sites (tertiary alicyclic amines) is 1. The average molecular weight is 272 g/mol. The van der Waals surface area contributed by atoms with Crippen LogP contribution in [0.5, 0.6) is 0 Å². The standard InChI is InChI=1S/C18H28N2/c1-15(12-16-6-4-7-16)19-18-9-5-8-17(13-18)14-20-10-2-3-11-20/h5,8-9,13,15-16,19H,2-4,6-7,10-12,14H2,1H3. The highest BCUT2D eigenvalue weighted by Crippen LogP contribution is 2.31. The lowest BCUT2D eigenvalue weighted by molar-refractivity contribution is 0.286. The average Bonchev–Trinajstić information content (AvgIpc) is 2.87. The number of anilines is 1. The Bertz CT molecular complexity index is 419. The van der Waals surface area contributed by atoms with Gasteiger partial charge in [0, 0.05) is 18.3 Å². The van der Waals surface area contributed by atoms with Gasteiger partial charge in [-0.1, -0.05) is 31.4 Å². The first-order valence-corrected chi connectivity index (χ1v) is 8.37. The van der Waals surface area contributed by atoms with Gasteiger partial charge in [-0.3, -0.25) is 4.90 Å². The van der Waals surface area contributed by atoms with E-state index in [9.17, 15) is 0 Å². The van der Waals surface area contributed by atoms with E-state index in [1.165, 1.54) is 62.9 Å². The molecule has 1 saturated heterocycles. The summed E-state index contributed by atoms with van der Waals surface area (Å²) in [7, 11) is 0. The number of nitrogens with one attached hydrogen (secondary N) is 1. The Hall–Kier alpha value is -1.02. The van der Waals surface area contributed by atoms with E-state index >= 15 is 0 Å². The second kappa shape index (κ2) is 6.62. The molecule has 0 radical (unpaired) electrons. The molecule has 0 spiro atoms. The second-order valence-corrected chi connectivity index (χ2v) is 6.76. The minimum absolute atomic E-state index is 0.599. The zero-order chi connectivity index (χ0) is 13.8. The largest absolute Gasteiger partial charge is 0.383 e. The van der Waals surface area contributed by atoms with Crippen LogP contribution in [0.2, 0.25) is 0 Å². The summed E-state index contributed by atoms with van der Waals surface area (Å²) < 4.78 is 0. The van der Waals surface area contributed by atoms with Crippen molar-refractivity contribution in [3.05, 3.63) is 29.8 Å². The Labute approximate surface area is 123 Å². The van der Waals surface area contributed by atoms with Gasteiger partial charge in [0.2, 0.25) is 0 Å². The van der Waals surface area contributed by atoms with Crippen LogP contribution in [0.15, 0.2) is 24.3 Å². The first-order chi connectivity index (χ1) is 9.79. The van der Waals surface area contributed by atoms with E-state index in [1.807, 2.05) is 0 Å². The molecule has 2 fully saturated rings. The van der Waals surface area contributed by atoms with E-state index in [0.29, 0.717) is 6.04 Å². The summed E-state index contributed by atoms with van der Waals surface area (Å²) >= 11 is 0. The molecule has 1 unspecified atom stereocenters. The van der Waals surface area contributed by atoms with Crippen LogP contribution in [0.4, 0.5) is 5.69 Å². The number of benzene rings is 1. The number of nitrogens with zero attached hydrogens (tertiary/aromatic N) is 1. The number of rotatable bonds is 6. The third-order valence-corrected chi connectivity index (χ3v) is 4.86. The fraction of sp³-hybridized carbons (Fsp3) is 0.667. The first kappa shape index (κ1) is 13.9. The monoisotopic (exact) mass is 272 g/mol. The molecule has 1 heterocycles. The van der Waals surface area contributed by atoms with Crippen LogP contribution in [-0.2, 0) is 6.54 Å². The van der Waals surface area contributed by atoms with E-state index in [4.69, 9.17) is 0 Å². The lowest BCUT2D eigenvalue weighted by Crippen LogP contribution is -2.23. The molecule has 1 aromatic carbocycles. The van der Waals surface area contributed by atoms with E-state index in [1.54, 1.807) is 0 Å². The number of hydrogen-bond donors (Lipinski definition) is 1. The zero-order valence-electron chi connectivity index (χ0n) is 12.8. The van der Waals surface area contributed by atoms with Crippen LogP contribution < -0.4 is 5.32 Å². The van der Waals surface area contributed by atoms with Crippen LogP contribution in [0.3, 0.4) is 0 Å². The first-order valence-electron chi connectivity index (χ1n) is 8.37. The minimum Gasteiger partial charge on any atom is -0.383 e. The third-order valence-electron chi connectivity index (χ3n) is 4.86.